The van der Waals surface area contributed by atoms with Gasteiger partial charge in [0, 0.05) is 24.5 Å². The van der Waals surface area contributed by atoms with Gasteiger partial charge in [0.25, 0.3) is 0 Å². The summed E-state index contributed by atoms with van der Waals surface area (Å²) in [7, 11) is 0. The number of hydrogen-bond acceptors (Lipinski definition) is 2. The second kappa shape index (κ2) is 9.26. The topological polar surface area (TPSA) is 49.4 Å². The Kier molecular flexibility index (Phi) is 7.67. The molecular formula is C17H23ClN2O2. The van der Waals surface area contributed by atoms with E-state index in [1.165, 1.54) is 0 Å². The Balaban J connectivity index is 2.87. The molecule has 0 radical (unpaired) electrons. The lowest BCUT2D eigenvalue weighted by Gasteiger charge is -2.28. The first-order valence-electron chi connectivity index (χ1n) is 7.42. The van der Waals surface area contributed by atoms with Crippen molar-refractivity contribution in [3.8, 4) is 0 Å². The largest absolute Gasteiger partial charge is 0.351 e. The molecular weight excluding hydrogens is 300 g/mol. The Bertz CT molecular complexity index is 514. The lowest BCUT2D eigenvalue weighted by Crippen LogP contribution is -2.47. The molecule has 0 aliphatic carbocycles. The van der Waals surface area contributed by atoms with Gasteiger partial charge in [-0.1, -0.05) is 36.7 Å². The maximum atomic E-state index is 12.3. The molecule has 0 heterocycles. The zero-order valence-electron chi connectivity index (χ0n) is 13.1. The summed E-state index contributed by atoms with van der Waals surface area (Å²) in [5.74, 6) is -0.211. The smallest absolute Gasteiger partial charge is 0.242 e. The van der Waals surface area contributed by atoms with E-state index in [9.17, 15) is 9.59 Å². The molecule has 0 spiro atoms. The number of nitrogens with one attached hydrogen (secondary N) is 1. The molecule has 1 atom stereocenters. The predicted molar refractivity (Wildman–Crippen MR) is 89.6 cm³/mol. The van der Waals surface area contributed by atoms with Crippen molar-refractivity contribution >= 4 is 23.4 Å². The van der Waals surface area contributed by atoms with Crippen LogP contribution in [0, 0.1) is 0 Å². The van der Waals surface area contributed by atoms with Crippen molar-refractivity contribution in [2.24, 2.45) is 0 Å². The second-order valence-corrected chi connectivity index (χ2v) is 5.54. The third kappa shape index (κ3) is 5.53. The number of nitrogens with zero attached hydrogens (tertiary/aromatic N) is 1. The third-order valence-electron chi connectivity index (χ3n) is 3.32. The van der Waals surface area contributed by atoms with Crippen LogP contribution in [0.4, 0.5) is 0 Å². The summed E-state index contributed by atoms with van der Waals surface area (Å²) in [6, 6.07) is 6.75. The third-order valence-corrected chi connectivity index (χ3v) is 3.57. The van der Waals surface area contributed by atoms with E-state index in [-0.39, 0.29) is 11.8 Å². The van der Waals surface area contributed by atoms with Gasteiger partial charge in [-0.15, -0.1) is 6.58 Å². The number of halogens is 1. The maximum Gasteiger partial charge on any atom is 0.242 e. The number of carbonyl (C=O) groups excluding carboxylic acids is 2. The molecule has 22 heavy (non-hydrogen) atoms. The number of carbonyl (C=O) groups is 2. The Morgan fingerprint density at radius 1 is 1.36 bits per heavy atom. The molecule has 120 valence electrons. The molecule has 0 aliphatic rings. The molecule has 0 aliphatic heterocycles. The fourth-order valence-electron chi connectivity index (χ4n) is 2.05. The predicted octanol–water partition coefficient (Wildman–Crippen LogP) is 3.16. The van der Waals surface area contributed by atoms with Gasteiger partial charge >= 0.3 is 0 Å². The highest BCUT2D eigenvalue weighted by atomic mass is 35.5. The Labute approximate surface area is 137 Å². The zero-order valence-corrected chi connectivity index (χ0v) is 13.9. The van der Waals surface area contributed by atoms with Crippen LogP contribution in [0.2, 0.25) is 5.02 Å². The molecule has 0 bridgehead atoms. The van der Waals surface area contributed by atoms with Gasteiger partial charge in [0.1, 0.15) is 6.04 Å². The Morgan fingerprint density at radius 2 is 2.00 bits per heavy atom. The van der Waals surface area contributed by atoms with Crippen LogP contribution >= 0.6 is 11.6 Å². The summed E-state index contributed by atoms with van der Waals surface area (Å²) in [6.07, 6.45) is 2.78. The first-order valence-corrected chi connectivity index (χ1v) is 7.79. The van der Waals surface area contributed by atoms with Crippen molar-refractivity contribution in [2.75, 3.05) is 6.54 Å². The molecule has 0 unspecified atom stereocenters. The standard InChI is InChI=1S/C17H23ClN2O2/c1-4-6-16(21)20(13(3)17(22)19-11-5-2)12-14-7-9-15(18)10-8-14/h5,7-10,13H,2,4,6,11-12H2,1,3H3,(H,19,22)/t13-/m0/s1. The second-order valence-electron chi connectivity index (χ2n) is 5.11. The van der Waals surface area contributed by atoms with E-state index >= 15 is 0 Å². The van der Waals surface area contributed by atoms with Crippen LogP contribution in [-0.4, -0.2) is 29.3 Å². The van der Waals surface area contributed by atoms with E-state index < -0.39 is 6.04 Å². The van der Waals surface area contributed by atoms with Crippen LogP contribution < -0.4 is 5.32 Å². The first kappa shape index (κ1) is 18.2. The quantitative estimate of drug-likeness (QED) is 0.747. The molecule has 5 heteroatoms. The van der Waals surface area contributed by atoms with Gasteiger partial charge in [-0.2, -0.15) is 0 Å². The molecule has 1 N–H and O–H groups in total. The van der Waals surface area contributed by atoms with Gasteiger partial charge in [0.05, 0.1) is 0 Å². The summed E-state index contributed by atoms with van der Waals surface area (Å²) in [4.78, 5) is 26.1. The van der Waals surface area contributed by atoms with Crippen LogP contribution in [0.15, 0.2) is 36.9 Å². The van der Waals surface area contributed by atoms with Gasteiger partial charge < -0.3 is 10.2 Å². The maximum absolute atomic E-state index is 12.3. The lowest BCUT2D eigenvalue weighted by atomic mass is 10.1. The van der Waals surface area contributed by atoms with E-state index in [1.807, 2.05) is 19.1 Å². The van der Waals surface area contributed by atoms with Crippen LogP contribution in [-0.2, 0) is 16.1 Å². The monoisotopic (exact) mass is 322 g/mol. The average Bonchev–Trinajstić information content (AvgIpc) is 2.51. The van der Waals surface area contributed by atoms with E-state index in [0.29, 0.717) is 24.5 Å². The summed E-state index contributed by atoms with van der Waals surface area (Å²) in [5, 5.41) is 3.38. The summed E-state index contributed by atoms with van der Waals surface area (Å²) >= 11 is 5.88. The first-order chi connectivity index (χ1) is 10.5. The van der Waals surface area contributed by atoms with Gasteiger partial charge in [-0.3, -0.25) is 9.59 Å². The summed E-state index contributed by atoms with van der Waals surface area (Å²) < 4.78 is 0. The zero-order chi connectivity index (χ0) is 16.5. The number of benzene rings is 1. The fraction of sp³-hybridized carbons (Fsp3) is 0.412. The fourth-order valence-corrected chi connectivity index (χ4v) is 2.17. The molecule has 4 nitrogen and oxygen atoms in total. The number of amides is 2. The minimum Gasteiger partial charge on any atom is -0.351 e. The highest BCUT2D eigenvalue weighted by Crippen LogP contribution is 2.14. The molecule has 2 amide bonds. The van der Waals surface area contributed by atoms with Crippen molar-refractivity contribution in [3.05, 3.63) is 47.5 Å². The normalized spacial score (nSPS) is 11.6. The van der Waals surface area contributed by atoms with Gasteiger partial charge in [-0.25, -0.2) is 0 Å². The van der Waals surface area contributed by atoms with Gasteiger partial charge in [-0.05, 0) is 31.0 Å². The SMILES string of the molecule is C=CCNC(=O)[C@H](C)N(Cc1ccc(Cl)cc1)C(=O)CCC. The highest BCUT2D eigenvalue weighted by Gasteiger charge is 2.25. The van der Waals surface area contributed by atoms with Crippen LogP contribution in [0.3, 0.4) is 0 Å². The molecule has 0 saturated carbocycles. The molecule has 0 saturated heterocycles. The summed E-state index contributed by atoms with van der Waals surface area (Å²) in [5.41, 5.74) is 0.942. The van der Waals surface area contributed by atoms with E-state index in [4.69, 9.17) is 11.6 Å². The van der Waals surface area contributed by atoms with Crippen LogP contribution in [0.1, 0.15) is 32.3 Å². The van der Waals surface area contributed by atoms with Crippen LogP contribution in [0.5, 0.6) is 0 Å². The van der Waals surface area contributed by atoms with Crippen LogP contribution in [0.25, 0.3) is 0 Å². The average molecular weight is 323 g/mol. The molecule has 1 rings (SSSR count). The van der Waals surface area contributed by atoms with Crippen molar-refractivity contribution in [2.45, 2.75) is 39.3 Å². The van der Waals surface area contributed by atoms with E-state index in [1.54, 1.807) is 30.0 Å². The lowest BCUT2D eigenvalue weighted by molar-refractivity contribution is -0.140. The van der Waals surface area contributed by atoms with Gasteiger partial charge in [0.2, 0.25) is 11.8 Å². The number of hydrogen-bond donors (Lipinski definition) is 1. The minimum atomic E-state index is -0.533. The Hall–Kier alpha value is -1.81. The molecule has 1 aromatic carbocycles. The van der Waals surface area contributed by atoms with E-state index in [0.717, 1.165) is 12.0 Å². The van der Waals surface area contributed by atoms with Gasteiger partial charge in [0.15, 0.2) is 0 Å². The molecule has 1 aromatic rings. The van der Waals surface area contributed by atoms with Crippen molar-refractivity contribution in [1.82, 2.24) is 10.2 Å². The Morgan fingerprint density at radius 3 is 2.55 bits per heavy atom. The minimum absolute atomic E-state index is 0.0290. The molecule has 0 fully saturated rings. The number of rotatable bonds is 8. The summed E-state index contributed by atoms with van der Waals surface area (Å²) in [6.45, 7) is 8.03. The van der Waals surface area contributed by atoms with Crippen molar-refractivity contribution in [1.29, 1.82) is 0 Å². The van der Waals surface area contributed by atoms with E-state index in [2.05, 4.69) is 11.9 Å². The highest BCUT2D eigenvalue weighted by molar-refractivity contribution is 6.30. The van der Waals surface area contributed by atoms with Crippen molar-refractivity contribution < 1.29 is 9.59 Å². The molecule has 0 aromatic heterocycles. The van der Waals surface area contributed by atoms with Crippen molar-refractivity contribution in [3.63, 3.8) is 0 Å².